The van der Waals surface area contributed by atoms with Crippen LogP contribution >= 0.6 is 22.9 Å². The van der Waals surface area contributed by atoms with E-state index in [9.17, 15) is 9.18 Å². The van der Waals surface area contributed by atoms with Gasteiger partial charge in [0.05, 0.1) is 4.88 Å². The van der Waals surface area contributed by atoms with Crippen molar-refractivity contribution in [3.05, 3.63) is 39.5 Å². The Hall–Kier alpha value is -1.66. The van der Waals surface area contributed by atoms with E-state index in [0.29, 0.717) is 21.5 Å². The van der Waals surface area contributed by atoms with Crippen molar-refractivity contribution in [2.24, 2.45) is 0 Å². The first-order chi connectivity index (χ1) is 9.04. The summed E-state index contributed by atoms with van der Waals surface area (Å²) in [6, 6.07) is 4.32. The predicted molar refractivity (Wildman–Crippen MR) is 73.0 cm³/mol. The van der Waals surface area contributed by atoms with Gasteiger partial charge < -0.3 is 11.1 Å². The van der Waals surface area contributed by atoms with Crippen molar-refractivity contribution in [3.63, 3.8) is 0 Å². The molecule has 0 radical (unpaired) electrons. The number of rotatable bonds is 1. The number of thiazole rings is 1. The van der Waals surface area contributed by atoms with Crippen molar-refractivity contribution in [3.8, 4) is 0 Å². The molecule has 1 aromatic heterocycles. The molecule has 0 saturated carbocycles. The Morgan fingerprint density at radius 2 is 2.32 bits per heavy atom. The van der Waals surface area contributed by atoms with Crippen LogP contribution in [0.5, 0.6) is 0 Å². The summed E-state index contributed by atoms with van der Waals surface area (Å²) in [6.45, 7) is 0. The van der Waals surface area contributed by atoms with Gasteiger partial charge in [-0.1, -0.05) is 22.9 Å². The van der Waals surface area contributed by atoms with Gasteiger partial charge in [0.2, 0.25) is 5.91 Å². The van der Waals surface area contributed by atoms with Gasteiger partial charge in [0.15, 0.2) is 5.13 Å². The fourth-order valence-electron chi connectivity index (χ4n) is 2.17. The molecule has 3 N–H and O–H groups in total. The summed E-state index contributed by atoms with van der Waals surface area (Å²) in [5.74, 6) is -0.565. The molecular weight excluding hydrogens is 289 g/mol. The quantitative estimate of drug-likeness (QED) is 0.850. The molecule has 0 spiro atoms. The lowest BCUT2D eigenvalue weighted by molar-refractivity contribution is -0.116. The van der Waals surface area contributed by atoms with Crippen LogP contribution in [0.25, 0.3) is 0 Å². The van der Waals surface area contributed by atoms with Crippen molar-refractivity contribution in [1.29, 1.82) is 0 Å². The molecule has 1 aliphatic rings. The fourth-order valence-corrected chi connectivity index (χ4v) is 3.26. The number of nitrogens with two attached hydrogens (primary N) is 1. The molecule has 1 amide bonds. The van der Waals surface area contributed by atoms with E-state index in [0.717, 1.165) is 4.88 Å². The minimum atomic E-state index is -0.391. The summed E-state index contributed by atoms with van der Waals surface area (Å²) in [4.78, 5) is 16.5. The summed E-state index contributed by atoms with van der Waals surface area (Å²) in [7, 11) is 0. The normalized spacial score (nSPS) is 18.0. The average Bonchev–Trinajstić information content (AvgIpc) is 2.71. The molecular formula is C12H9ClFN3OS. The molecule has 98 valence electrons. The maximum Gasteiger partial charge on any atom is 0.226 e. The van der Waals surface area contributed by atoms with Gasteiger partial charge in [-0.2, -0.15) is 0 Å². The molecule has 7 heteroatoms. The van der Waals surface area contributed by atoms with Crippen LogP contribution < -0.4 is 11.1 Å². The highest BCUT2D eigenvalue weighted by Gasteiger charge is 2.31. The number of nitrogens with zero attached hydrogens (tertiary/aromatic N) is 1. The topological polar surface area (TPSA) is 68.0 Å². The average molecular weight is 298 g/mol. The summed E-state index contributed by atoms with van der Waals surface area (Å²) in [5.41, 5.74) is 6.04. The van der Waals surface area contributed by atoms with Crippen molar-refractivity contribution in [2.45, 2.75) is 12.3 Å². The Kier molecular flexibility index (Phi) is 2.91. The third-order valence-corrected chi connectivity index (χ3v) is 4.20. The van der Waals surface area contributed by atoms with Gasteiger partial charge in [0, 0.05) is 17.4 Å². The van der Waals surface area contributed by atoms with Gasteiger partial charge in [-0.25, -0.2) is 9.37 Å². The fraction of sp³-hybridized carbons (Fsp3) is 0.167. The van der Waals surface area contributed by atoms with Crippen LogP contribution in [-0.2, 0) is 4.79 Å². The van der Waals surface area contributed by atoms with Crippen LogP contribution in [0.2, 0.25) is 5.02 Å². The first kappa shape index (κ1) is 12.4. The second-order valence-electron chi connectivity index (χ2n) is 4.24. The van der Waals surface area contributed by atoms with E-state index in [1.54, 1.807) is 6.07 Å². The van der Waals surface area contributed by atoms with Crippen LogP contribution in [0.4, 0.5) is 15.3 Å². The SMILES string of the molecule is Nc1nc2c(s1)C(c1cc(Cl)ccc1F)CC(=O)N2. The zero-order chi connectivity index (χ0) is 13.6. The van der Waals surface area contributed by atoms with E-state index in [1.807, 2.05) is 0 Å². The number of benzene rings is 1. The number of carbonyl (C=O) groups excluding carboxylic acids is 1. The molecule has 1 aromatic carbocycles. The number of hydrogen-bond donors (Lipinski definition) is 2. The Balaban J connectivity index is 2.14. The van der Waals surface area contributed by atoms with Crippen LogP contribution in [0, 0.1) is 5.82 Å². The Labute approximate surface area is 117 Å². The number of fused-ring (bicyclic) bond motifs is 1. The molecule has 2 aromatic rings. The highest BCUT2D eigenvalue weighted by Crippen LogP contribution is 2.42. The smallest absolute Gasteiger partial charge is 0.226 e. The molecule has 1 aliphatic heterocycles. The van der Waals surface area contributed by atoms with E-state index in [-0.39, 0.29) is 18.1 Å². The highest BCUT2D eigenvalue weighted by atomic mass is 35.5. The zero-order valence-electron chi connectivity index (χ0n) is 9.61. The van der Waals surface area contributed by atoms with E-state index in [4.69, 9.17) is 17.3 Å². The molecule has 3 rings (SSSR count). The van der Waals surface area contributed by atoms with E-state index < -0.39 is 5.92 Å². The standard InChI is InChI=1S/C12H9ClFN3OS/c13-5-1-2-8(14)6(3-5)7-4-9(18)16-11-10(7)19-12(15)17-11/h1-3,7H,4H2,(H2,15,17)(H,16,18). The molecule has 0 fully saturated rings. The lowest BCUT2D eigenvalue weighted by Crippen LogP contribution is -2.23. The summed E-state index contributed by atoms with van der Waals surface area (Å²) in [5, 5.41) is 3.42. The first-order valence-electron chi connectivity index (χ1n) is 5.55. The molecule has 4 nitrogen and oxygen atoms in total. The zero-order valence-corrected chi connectivity index (χ0v) is 11.2. The van der Waals surface area contributed by atoms with Gasteiger partial charge >= 0.3 is 0 Å². The second kappa shape index (κ2) is 4.47. The Bertz CT molecular complexity index is 673. The van der Waals surface area contributed by atoms with Crippen molar-refractivity contribution in [1.82, 2.24) is 4.98 Å². The van der Waals surface area contributed by atoms with Crippen LogP contribution in [0.15, 0.2) is 18.2 Å². The van der Waals surface area contributed by atoms with Crippen molar-refractivity contribution < 1.29 is 9.18 Å². The first-order valence-corrected chi connectivity index (χ1v) is 6.75. The number of nitrogen functional groups attached to an aromatic ring is 1. The summed E-state index contributed by atoms with van der Waals surface area (Å²) in [6.07, 6.45) is 0.159. The van der Waals surface area contributed by atoms with E-state index >= 15 is 0 Å². The number of carbonyl (C=O) groups is 1. The van der Waals surface area contributed by atoms with Crippen LogP contribution in [-0.4, -0.2) is 10.9 Å². The molecule has 19 heavy (non-hydrogen) atoms. The minimum Gasteiger partial charge on any atom is -0.375 e. The lowest BCUT2D eigenvalue weighted by Gasteiger charge is -2.22. The van der Waals surface area contributed by atoms with Crippen molar-refractivity contribution >= 4 is 39.8 Å². The van der Waals surface area contributed by atoms with Gasteiger partial charge in [0.25, 0.3) is 0 Å². The lowest BCUT2D eigenvalue weighted by atomic mass is 9.91. The maximum atomic E-state index is 13.9. The van der Waals surface area contributed by atoms with Gasteiger partial charge in [-0.3, -0.25) is 4.79 Å². The van der Waals surface area contributed by atoms with E-state index in [2.05, 4.69) is 10.3 Å². The van der Waals surface area contributed by atoms with Crippen LogP contribution in [0.3, 0.4) is 0 Å². The summed E-state index contributed by atoms with van der Waals surface area (Å²) < 4.78 is 13.9. The Morgan fingerprint density at radius 1 is 1.53 bits per heavy atom. The molecule has 1 atom stereocenters. The number of aromatic nitrogens is 1. The van der Waals surface area contributed by atoms with Gasteiger partial charge in [0.1, 0.15) is 11.6 Å². The monoisotopic (exact) mass is 297 g/mol. The largest absolute Gasteiger partial charge is 0.375 e. The van der Waals surface area contributed by atoms with Crippen LogP contribution in [0.1, 0.15) is 22.8 Å². The molecule has 2 heterocycles. The van der Waals surface area contributed by atoms with Crippen molar-refractivity contribution in [2.75, 3.05) is 11.1 Å². The number of nitrogens with one attached hydrogen (secondary N) is 1. The molecule has 0 aliphatic carbocycles. The van der Waals surface area contributed by atoms with Gasteiger partial charge in [-0.05, 0) is 23.8 Å². The summed E-state index contributed by atoms with van der Waals surface area (Å²) >= 11 is 7.15. The number of halogens is 2. The minimum absolute atomic E-state index is 0.159. The number of hydrogen-bond acceptors (Lipinski definition) is 4. The molecule has 0 saturated heterocycles. The Morgan fingerprint density at radius 3 is 3.11 bits per heavy atom. The number of amides is 1. The van der Waals surface area contributed by atoms with E-state index in [1.165, 1.54) is 23.5 Å². The number of anilines is 2. The maximum absolute atomic E-state index is 13.9. The third kappa shape index (κ3) is 2.17. The second-order valence-corrected chi connectivity index (χ2v) is 5.73. The molecule has 0 bridgehead atoms. The predicted octanol–water partition coefficient (Wildman–Crippen LogP) is 2.99. The molecule has 1 unspecified atom stereocenters. The third-order valence-electron chi connectivity index (χ3n) is 2.97. The van der Waals surface area contributed by atoms with Gasteiger partial charge in [-0.15, -0.1) is 0 Å². The highest BCUT2D eigenvalue weighted by molar-refractivity contribution is 7.16.